The highest BCUT2D eigenvalue weighted by Crippen LogP contribution is 2.45. The Labute approximate surface area is 235 Å². The van der Waals surface area contributed by atoms with Crippen LogP contribution < -0.4 is 4.74 Å². The zero-order valence-corrected chi connectivity index (χ0v) is 23.1. The van der Waals surface area contributed by atoms with Crippen molar-refractivity contribution >= 4 is 18.5 Å². The Morgan fingerprint density at radius 2 is 1.54 bits per heavy atom. The largest absolute Gasteiger partial charge is 0.489 e. The van der Waals surface area contributed by atoms with Crippen molar-refractivity contribution in [2.45, 2.75) is 32.4 Å². The molecule has 0 aliphatic heterocycles. The van der Waals surface area contributed by atoms with Gasteiger partial charge in [-0.2, -0.15) is 18.3 Å². The minimum absolute atomic E-state index is 0.0660. The number of fused-ring (bicyclic) bond motifs is 1. The summed E-state index contributed by atoms with van der Waals surface area (Å²) >= 11 is 0. The van der Waals surface area contributed by atoms with Crippen LogP contribution >= 0.6 is 7.60 Å². The van der Waals surface area contributed by atoms with Gasteiger partial charge in [0, 0.05) is 10.9 Å². The fraction of sp³-hybridized carbons (Fsp3) is 0.194. The van der Waals surface area contributed by atoms with Gasteiger partial charge in [-0.1, -0.05) is 66.7 Å². The smallest absolute Gasteiger partial charge is 0.418 e. The normalized spacial score (nSPS) is 13.3. The van der Waals surface area contributed by atoms with Crippen LogP contribution in [0.1, 0.15) is 29.2 Å². The fourth-order valence-electron chi connectivity index (χ4n) is 4.65. The lowest BCUT2D eigenvalue weighted by Gasteiger charge is -2.12. The van der Waals surface area contributed by atoms with Gasteiger partial charge in [0.2, 0.25) is 0 Å². The van der Waals surface area contributed by atoms with E-state index in [1.807, 2.05) is 54.6 Å². The second kappa shape index (κ2) is 11.9. The van der Waals surface area contributed by atoms with Crippen LogP contribution in [0.4, 0.5) is 13.2 Å². The molecule has 0 saturated heterocycles. The Balaban J connectivity index is 1.37. The molecule has 1 aromatic heterocycles. The van der Waals surface area contributed by atoms with E-state index in [0.717, 1.165) is 17.2 Å². The van der Waals surface area contributed by atoms with Gasteiger partial charge in [0.1, 0.15) is 17.9 Å². The molecule has 4 aromatic carbocycles. The summed E-state index contributed by atoms with van der Waals surface area (Å²) in [5.74, 6) is 0.587. The second-order valence-electron chi connectivity index (χ2n) is 9.53. The van der Waals surface area contributed by atoms with Gasteiger partial charge in [-0.15, -0.1) is 0 Å². The Morgan fingerprint density at radius 1 is 0.854 bits per heavy atom. The molecule has 0 radical (unpaired) electrons. The number of halogens is 3. The molecule has 212 valence electrons. The first-order chi connectivity index (χ1) is 19.6. The van der Waals surface area contributed by atoms with E-state index in [-0.39, 0.29) is 24.9 Å². The predicted octanol–water partition coefficient (Wildman–Crippen LogP) is 8.07. The van der Waals surface area contributed by atoms with Crippen LogP contribution in [-0.4, -0.2) is 21.3 Å². The van der Waals surface area contributed by atoms with Crippen molar-refractivity contribution in [3.05, 3.63) is 119 Å². The number of alkyl halides is 3. The number of ether oxygens (including phenoxy) is 1. The molecule has 41 heavy (non-hydrogen) atoms. The van der Waals surface area contributed by atoms with E-state index >= 15 is 0 Å². The standard InChI is InChI=1S/C31H28F3N2O4P/c1-2-40-41(37,38)21-24-13-11-23(12-14-24)20-39-26-17-15-25(16-18-26)30-27-9-6-10-28(31(32,33)34)29(27)35-36(30)19-22-7-4-3-5-8-22/h3-18H,2,19-21H2,1H3,(H,37,38). The van der Waals surface area contributed by atoms with Crippen molar-refractivity contribution in [1.29, 1.82) is 0 Å². The Hall–Kier alpha value is -3.91. The van der Waals surface area contributed by atoms with Gasteiger partial charge in [0.25, 0.3) is 0 Å². The Morgan fingerprint density at radius 3 is 2.20 bits per heavy atom. The van der Waals surface area contributed by atoms with Crippen molar-refractivity contribution < 1.29 is 31.9 Å². The summed E-state index contributed by atoms with van der Waals surface area (Å²) in [4.78, 5) is 9.83. The molecule has 0 aliphatic carbocycles. The van der Waals surface area contributed by atoms with Gasteiger partial charge in [-0.25, -0.2) is 0 Å². The first-order valence-corrected chi connectivity index (χ1v) is 14.8. The molecule has 0 amide bonds. The van der Waals surface area contributed by atoms with Crippen LogP contribution in [0.3, 0.4) is 0 Å². The molecule has 0 aliphatic rings. The van der Waals surface area contributed by atoms with Gasteiger partial charge < -0.3 is 14.2 Å². The van der Waals surface area contributed by atoms with Crippen molar-refractivity contribution in [3.63, 3.8) is 0 Å². The molecule has 1 unspecified atom stereocenters. The maximum Gasteiger partial charge on any atom is 0.418 e. The summed E-state index contributed by atoms with van der Waals surface area (Å²) in [6, 6.07) is 27.9. The van der Waals surface area contributed by atoms with Gasteiger partial charge in [-0.3, -0.25) is 9.25 Å². The molecule has 0 fully saturated rings. The van der Waals surface area contributed by atoms with Crippen LogP contribution in [-0.2, 0) is 34.6 Å². The summed E-state index contributed by atoms with van der Waals surface area (Å²) in [5, 5.41) is 4.83. The third-order valence-electron chi connectivity index (χ3n) is 6.52. The Kier molecular flexibility index (Phi) is 8.31. The maximum absolute atomic E-state index is 13.8. The molecule has 0 saturated carbocycles. The van der Waals surface area contributed by atoms with Crippen LogP contribution in [0.5, 0.6) is 5.75 Å². The molecule has 6 nitrogen and oxygen atoms in total. The summed E-state index contributed by atoms with van der Waals surface area (Å²) in [5.41, 5.74) is 2.91. The van der Waals surface area contributed by atoms with E-state index in [2.05, 4.69) is 5.10 Å². The monoisotopic (exact) mass is 580 g/mol. The predicted molar refractivity (Wildman–Crippen MR) is 152 cm³/mol. The third-order valence-corrected chi connectivity index (χ3v) is 7.95. The summed E-state index contributed by atoms with van der Waals surface area (Å²) in [6.07, 6.45) is -4.59. The van der Waals surface area contributed by atoms with E-state index in [4.69, 9.17) is 9.26 Å². The zero-order chi connectivity index (χ0) is 29.0. The van der Waals surface area contributed by atoms with Crippen LogP contribution in [0.15, 0.2) is 97.1 Å². The highest BCUT2D eigenvalue weighted by atomic mass is 31.2. The summed E-state index contributed by atoms with van der Waals surface area (Å²) in [6.45, 7) is 2.41. The lowest BCUT2D eigenvalue weighted by molar-refractivity contribution is -0.136. The number of nitrogens with zero attached hydrogens (tertiary/aromatic N) is 2. The topological polar surface area (TPSA) is 73.6 Å². The summed E-state index contributed by atoms with van der Waals surface area (Å²) < 4.78 is 65.8. The lowest BCUT2D eigenvalue weighted by Crippen LogP contribution is -2.06. The quantitative estimate of drug-likeness (QED) is 0.169. The molecule has 1 heterocycles. The zero-order valence-electron chi connectivity index (χ0n) is 22.2. The average molecular weight is 581 g/mol. The number of benzene rings is 4. The van der Waals surface area contributed by atoms with Crippen molar-refractivity contribution in [2.24, 2.45) is 0 Å². The van der Waals surface area contributed by atoms with Gasteiger partial charge >= 0.3 is 13.8 Å². The number of rotatable bonds is 10. The molecular formula is C31H28F3N2O4P. The van der Waals surface area contributed by atoms with Gasteiger partial charge in [0.15, 0.2) is 0 Å². The first-order valence-electron chi connectivity index (χ1n) is 13.0. The van der Waals surface area contributed by atoms with E-state index in [9.17, 15) is 22.6 Å². The minimum Gasteiger partial charge on any atom is -0.489 e. The first kappa shape index (κ1) is 28.6. The molecule has 5 rings (SSSR count). The number of hydrogen-bond donors (Lipinski definition) is 1. The maximum atomic E-state index is 13.8. The summed E-state index contributed by atoms with van der Waals surface area (Å²) in [7, 11) is -3.66. The van der Waals surface area contributed by atoms with Crippen LogP contribution in [0.2, 0.25) is 0 Å². The van der Waals surface area contributed by atoms with E-state index in [1.54, 1.807) is 41.9 Å². The third kappa shape index (κ3) is 6.88. The fourth-order valence-corrected chi connectivity index (χ4v) is 5.82. The van der Waals surface area contributed by atoms with Crippen molar-refractivity contribution in [1.82, 2.24) is 9.78 Å². The van der Waals surface area contributed by atoms with Crippen molar-refractivity contribution in [2.75, 3.05) is 6.61 Å². The molecule has 1 atom stereocenters. The van der Waals surface area contributed by atoms with Crippen LogP contribution in [0.25, 0.3) is 22.2 Å². The molecular weight excluding hydrogens is 552 g/mol. The lowest BCUT2D eigenvalue weighted by atomic mass is 10.0. The van der Waals surface area contributed by atoms with Gasteiger partial charge in [0.05, 0.1) is 30.6 Å². The number of hydrogen-bond acceptors (Lipinski definition) is 4. The Bertz CT molecular complexity index is 1670. The molecule has 5 aromatic rings. The van der Waals surface area contributed by atoms with E-state index in [1.165, 1.54) is 6.07 Å². The molecule has 10 heteroatoms. The van der Waals surface area contributed by atoms with E-state index in [0.29, 0.717) is 34.5 Å². The minimum atomic E-state index is -4.53. The van der Waals surface area contributed by atoms with Crippen LogP contribution in [0, 0.1) is 0 Å². The average Bonchev–Trinajstić information content (AvgIpc) is 3.30. The number of aromatic nitrogens is 2. The molecule has 1 N–H and O–H groups in total. The van der Waals surface area contributed by atoms with Crippen molar-refractivity contribution in [3.8, 4) is 17.0 Å². The van der Waals surface area contributed by atoms with E-state index < -0.39 is 19.3 Å². The highest BCUT2D eigenvalue weighted by Gasteiger charge is 2.34. The molecule has 0 bridgehead atoms. The second-order valence-corrected chi connectivity index (χ2v) is 11.4. The highest BCUT2D eigenvalue weighted by molar-refractivity contribution is 7.51. The molecule has 0 spiro atoms. The van der Waals surface area contributed by atoms with Gasteiger partial charge in [-0.05, 0) is 53.9 Å². The SMILES string of the molecule is CCOP(=O)(O)Cc1ccc(COc2ccc(-c3c4cccc(C(F)(F)F)c4nn3Cc3ccccc3)cc2)cc1.